The molecule has 0 unspecified atom stereocenters. The van der Waals surface area contributed by atoms with Crippen molar-refractivity contribution in [3.8, 4) is 22.8 Å². The van der Waals surface area contributed by atoms with Gasteiger partial charge in [0.1, 0.15) is 0 Å². The normalized spacial score (nSPS) is 10.5. The molecule has 0 fully saturated rings. The van der Waals surface area contributed by atoms with E-state index in [-0.39, 0.29) is 11.5 Å². The van der Waals surface area contributed by atoms with Crippen LogP contribution < -0.4 is 11.1 Å². The predicted octanol–water partition coefficient (Wildman–Crippen LogP) is 3.55. The van der Waals surface area contributed by atoms with E-state index in [1.165, 1.54) is 23.5 Å². The van der Waals surface area contributed by atoms with Crippen LogP contribution in [-0.2, 0) is 0 Å². The fourth-order valence-corrected chi connectivity index (χ4v) is 2.58. The molecule has 1 heterocycles. The molecule has 1 aromatic heterocycles. The van der Waals surface area contributed by atoms with E-state index < -0.39 is 0 Å². The Balaban J connectivity index is 1.82. The van der Waals surface area contributed by atoms with Gasteiger partial charge in [-0.2, -0.15) is 0 Å². The molecule has 3 aromatic rings. The molecule has 21 heavy (non-hydrogen) atoms. The molecular weight excluding hydrogens is 286 g/mol. The van der Waals surface area contributed by atoms with E-state index in [0.29, 0.717) is 5.69 Å². The third-order valence-corrected chi connectivity index (χ3v) is 3.70. The molecule has 0 amide bonds. The quantitative estimate of drug-likeness (QED) is 0.438. The molecule has 6 heteroatoms. The van der Waals surface area contributed by atoms with Gasteiger partial charge >= 0.3 is 0 Å². The maximum absolute atomic E-state index is 9.53. The smallest absolute Gasteiger partial charge is 0.187 e. The van der Waals surface area contributed by atoms with Crippen molar-refractivity contribution in [2.45, 2.75) is 0 Å². The summed E-state index contributed by atoms with van der Waals surface area (Å²) in [5.41, 5.74) is 8.72. The lowest BCUT2D eigenvalue weighted by molar-refractivity contribution is 0.404. The third-order valence-electron chi connectivity index (χ3n) is 2.94. The predicted molar refractivity (Wildman–Crippen MR) is 85.0 cm³/mol. The van der Waals surface area contributed by atoms with Crippen molar-refractivity contribution in [2.24, 2.45) is 0 Å². The number of phenolic OH excluding ortho intramolecular Hbond substituents is 2. The minimum Gasteiger partial charge on any atom is -0.504 e. The summed E-state index contributed by atoms with van der Waals surface area (Å²) in [4.78, 5) is 4.45. The fourth-order valence-electron chi connectivity index (χ4n) is 1.84. The van der Waals surface area contributed by atoms with Crippen LogP contribution >= 0.6 is 11.3 Å². The second kappa shape index (κ2) is 5.34. The average molecular weight is 299 g/mol. The summed E-state index contributed by atoms with van der Waals surface area (Å²) in [6.45, 7) is 0. The molecule has 3 rings (SSSR count). The molecule has 0 saturated carbocycles. The average Bonchev–Trinajstić information content (AvgIpc) is 2.93. The maximum Gasteiger partial charge on any atom is 0.187 e. The molecular formula is C15H13N3O2S. The zero-order chi connectivity index (χ0) is 14.8. The Bertz CT molecular complexity index is 769. The van der Waals surface area contributed by atoms with Crippen LogP contribution in [0.1, 0.15) is 0 Å². The van der Waals surface area contributed by atoms with Crippen LogP contribution in [0.5, 0.6) is 11.5 Å². The van der Waals surface area contributed by atoms with Gasteiger partial charge in [-0.15, -0.1) is 11.3 Å². The van der Waals surface area contributed by atoms with Crippen LogP contribution in [0.2, 0.25) is 0 Å². The van der Waals surface area contributed by atoms with E-state index in [4.69, 9.17) is 5.73 Å². The highest BCUT2D eigenvalue weighted by Crippen LogP contribution is 2.32. The number of aromatic nitrogens is 1. The van der Waals surface area contributed by atoms with Crippen molar-refractivity contribution >= 4 is 27.8 Å². The Hall–Kier alpha value is -2.73. The Morgan fingerprint density at radius 3 is 2.48 bits per heavy atom. The topological polar surface area (TPSA) is 91.4 Å². The van der Waals surface area contributed by atoms with Crippen LogP contribution in [0.25, 0.3) is 11.3 Å². The maximum atomic E-state index is 9.53. The number of nitrogen functional groups attached to an aromatic ring is 1. The second-order valence-electron chi connectivity index (χ2n) is 4.49. The van der Waals surface area contributed by atoms with Gasteiger partial charge in [-0.1, -0.05) is 0 Å². The van der Waals surface area contributed by atoms with Gasteiger partial charge in [-0.05, 0) is 42.5 Å². The van der Waals surface area contributed by atoms with Crippen LogP contribution in [0.3, 0.4) is 0 Å². The Kier molecular flexibility index (Phi) is 3.37. The van der Waals surface area contributed by atoms with Gasteiger partial charge in [0.15, 0.2) is 16.6 Å². The van der Waals surface area contributed by atoms with Crippen LogP contribution in [0.4, 0.5) is 16.5 Å². The highest BCUT2D eigenvalue weighted by molar-refractivity contribution is 7.14. The van der Waals surface area contributed by atoms with E-state index in [1.807, 2.05) is 29.6 Å². The molecule has 0 bridgehead atoms. The second-order valence-corrected chi connectivity index (χ2v) is 5.35. The molecule has 0 atom stereocenters. The summed E-state index contributed by atoms with van der Waals surface area (Å²) < 4.78 is 0. The number of nitrogens with zero attached hydrogens (tertiary/aromatic N) is 1. The summed E-state index contributed by atoms with van der Waals surface area (Å²) in [6.07, 6.45) is 0. The molecule has 0 spiro atoms. The highest BCUT2D eigenvalue weighted by atomic mass is 32.1. The number of rotatable bonds is 3. The van der Waals surface area contributed by atoms with Gasteiger partial charge < -0.3 is 21.3 Å². The van der Waals surface area contributed by atoms with E-state index in [0.717, 1.165) is 22.1 Å². The number of phenols is 2. The highest BCUT2D eigenvalue weighted by Gasteiger charge is 2.07. The summed E-state index contributed by atoms with van der Waals surface area (Å²) in [5, 5.41) is 24.7. The van der Waals surface area contributed by atoms with Crippen LogP contribution in [0.15, 0.2) is 47.8 Å². The van der Waals surface area contributed by atoms with Crippen LogP contribution in [0, 0.1) is 0 Å². The van der Waals surface area contributed by atoms with Gasteiger partial charge in [0, 0.05) is 22.3 Å². The standard InChI is InChI=1S/C15H13N3O2S/c16-10-2-4-11(5-3-10)17-15-18-12(8-21-15)9-1-6-13(19)14(20)7-9/h1-8,19-20H,16H2,(H,17,18). The lowest BCUT2D eigenvalue weighted by Crippen LogP contribution is -1.90. The van der Waals surface area contributed by atoms with Gasteiger partial charge in [-0.25, -0.2) is 4.98 Å². The molecule has 0 aliphatic heterocycles. The van der Waals surface area contributed by atoms with Gasteiger partial charge in [0.05, 0.1) is 5.69 Å². The molecule has 5 N–H and O–H groups in total. The SMILES string of the molecule is Nc1ccc(Nc2nc(-c3ccc(O)c(O)c3)cs2)cc1. The molecule has 5 nitrogen and oxygen atoms in total. The number of aromatic hydroxyl groups is 2. The summed E-state index contributed by atoms with van der Waals surface area (Å²) in [7, 11) is 0. The fraction of sp³-hybridized carbons (Fsp3) is 0. The molecule has 0 aliphatic carbocycles. The monoisotopic (exact) mass is 299 g/mol. The molecule has 0 aliphatic rings. The first-order chi connectivity index (χ1) is 10.1. The zero-order valence-corrected chi connectivity index (χ0v) is 11.8. The van der Waals surface area contributed by atoms with Crippen molar-refractivity contribution in [3.05, 3.63) is 47.8 Å². The number of thiazole rings is 1. The summed E-state index contributed by atoms with van der Waals surface area (Å²) >= 11 is 1.46. The Morgan fingerprint density at radius 2 is 1.76 bits per heavy atom. The number of anilines is 3. The van der Waals surface area contributed by atoms with Gasteiger partial charge in [-0.3, -0.25) is 0 Å². The number of nitrogens with one attached hydrogen (secondary N) is 1. The summed E-state index contributed by atoms with van der Waals surface area (Å²) in [6, 6.07) is 12.0. The summed E-state index contributed by atoms with van der Waals surface area (Å²) in [5.74, 6) is -0.303. The first kappa shape index (κ1) is 13.3. The largest absolute Gasteiger partial charge is 0.504 e. The zero-order valence-electron chi connectivity index (χ0n) is 10.9. The van der Waals surface area contributed by atoms with Crippen molar-refractivity contribution < 1.29 is 10.2 Å². The van der Waals surface area contributed by atoms with Crippen molar-refractivity contribution in [2.75, 3.05) is 11.1 Å². The van der Waals surface area contributed by atoms with Crippen LogP contribution in [-0.4, -0.2) is 15.2 Å². The molecule has 0 saturated heterocycles. The van der Waals surface area contributed by atoms with Crippen molar-refractivity contribution in [3.63, 3.8) is 0 Å². The van der Waals surface area contributed by atoms with E-state index >= 15 is 0 Å². The molecule has 0 radical (unpaired) electrons. The number of benzene rings is 2. The van der Waals surface area contributed by atoms with Gasteiger partial charge in [0.25, 0.3) is 0 Å². The minimum absolute atomic E-state index is 0.144. The molecule has 2 aromatic carbocycles. The lowest BCUT2D eigenvalue weighted by Gasteiger charge is -2.03. The number of hydrogen-bond donors (Lipinski definition) is 4. The van der Waals surface area contributed by atoms with E-state index in [1.54, 1.807) is 6.07 Å². The number of nitrogens with two attached hydrogens (primary N) is 1. The Morgan fingerprint density at radius 1 is 1.00 bits per heavy atom. The van der Waals surface area contributed by atoms with Crippen molar-refractivity contribution in [1.29, 1.82) is 0 Å². The van der Waals surface area contributed by atoms with E-state index in [2.05, 4.69) is 10.3 Å². The van der Waals surface area contributed by atoms with Gasteiger partial charge in [0.2, 0.25) is 0 Å². The first-order valence-electron chi connectivity index (χ1n) is 6.22. The molecule has 106 valence electrons. The minimum atomic E-state index is -0.159. The lowest BCUT2D eigenvalue weighted by atomic mass is 10.1. The van der Waals surface area contributed by atoms with Crippen molar-refractivity contribution in [1.82, 2.24) is 4.98 Å². The third kappa shape index (κ3) is 2.90. The number of hydrogen-bond acceptors (Lipinski definition) is 6. The van der Waals surface area contributed by atoms with E-state index in [9.17, 15) is 10.2 Å². The first-order valence-corrected chi connectivity index (χ1v) is 7.10. The Labute approximate surface area is 125 Å².